The molecule has 0 aliphatic rings. The van der Waals surface area contributed by atoms with Gasteiger partial charge in [-0.05, 0) is 25.1 Å². The normalized spacial score (nSPS) is 10.0. The van der Waals surface area contributed by atoms with Crippen molar-refractivity contribution in [2.75, 3.05) is 12.4 Å². The lowest BCUT2D eigenvalue weighted by atomic mass is 10.3. The molecule has 2 heterocycles. The largest absolute Gasteiger partial charge is 0.480 e. The number of nitrogens with one attached hydrogen (secondary N) is 1. The van der Waals surface area contributed by atoms with Gasteiger partial charge >= 0.3 is 0 Å². The SMILES string of the molecule is COc1ncccc1NCc1ccnc(C)n1. The van der Waals surface area contributed by atoms with Crippen molar-refractivity contribution in [3.05, 3.63) is 42.1 Å². The molecule has 0 bridgehead atoms. The number of pyridine rings is 1. The minimum Gasteiger partial charge on any atom is -0.480 e. The van der Waals surface area contributed by atoms with Crippen LogP contribution in [0.5, 0.6) is 5.88 Å². The summed E-state index contributed by atoms with van der Waals surface area (Å²) in [6.45, 7) is 2.49. The van der Waals surface area contributed by atoms with E-state index in [1.165, 1.54) is 0 Å². The second kappa shape index (κ2) is 5.25. The van der Waals surface area contributed by atoms with Gasteiger partial charge in [0.2, 0.25) is 5.88 Å². The van der Waals surface area contributed by atoms with Crippen molar-refractivity contribution in [2.24, 2.45) is 0 Å². The van der Waals surface area contributed by atoms with Gasteiger partial charge in [-0.2, -0.15) is 0 Å². The van der Waals surface area contributed by atoms with Crippen molar-refractivity contribution in [1.29, 1.82) is 0 Å². The van der Waals surface area contributed by atoms with Crippen LogP contribution in [-0.4, -0.2) is 22.1 Å². The average Bonchev–Trinajstić information content (AvgIpc) is 2.37. The molecule has 0 saturated heterocycles. The summed E-state index contributed by atoms with van der Waals surface area (Å²) in [6, 6.07) is 5.65. The third-order valence-corrected chi connectivity index (χ3v) is 2.26. The smallest absolute Gasteiger partial charge is 0.237 e. The molecule has 5 heteroatoms. The maximum Gasteiger partial charge on any atom is 0.237 e. The molecule has 1 N–H and O–H groups in total. The quantitative estimate of drug-likeness (QED) is 0.867. The summed E-state index contributed by atoms with van der Waals surface area (Å²) in [5, 5.41) is 3.23. The van der Waals surface area contributed by atoms with Crippen LogP contribution < -0.4 is 10.1 Å². The molecule has 17 heavy (non-hydrogen) atoms. The average molecular weight is 230 g/mol. The van der Waals surface area contributed by atoms with Gasteiger partial charge in [0.15, 0.2) is 0 Å². The van der Waals surface area contributed by atoms with E-state index in [0.717, 1.165) is 17.2 Å². The Labute approximate surface area is 99.9 Å². The fourth-order valence-electron chi connectivity index (χ4n) is 1.48. The van der Waals surface area contributed by atoms with Gasteiger partial charge in [-0.15, -0.1) is 0 Å². The Morgan fingerprint density at radius 2 is 2.12 bits per heavy atom. The standard InChI is InChI=1S/C12H14N4O/c1-9-13-7-5-10(16-9)8-15-11-4-3-6-14-12(11)17-2/h3-7,15H,8H2,1-2H3. The van der Waals surface area contributed by atoms with E-state index in [4.69, 9.17) is 4.74 Å². The van der Waals surface area contributed by atoms with E-state index in [-0.39, 0.29) is 0 Å². The molecule has 0 spiro atoms. The van der Waals surface area contributed by atoms with Crippen LogP contribution in [0.3, 0.4) is 0 Å². The van der Waals surface area contributed by atoms with Crippen molar-refractivity contribution in [1.82, 2.24) is 15.0 Å². The molecule has 0 radical (unpaired) electrons. The lowest BCUT2D eigenvalue weighted by molar-refractivity contribution is 0.399. The molecule has 0 aromatic carbocycles. The van der Waals surface area contributed by atoms with Crippen molar-refractivity contribution >= 4 is 5.69 Å². The van der Waals surface area contributed by atoms with Crippen LogP contribution in [0.4, 0.5) is 5.69 Å². The number of methoxy groups -OCH3 is 1. The number of rotatable bonds is 4. The summed E-state index contributed by atoms with van der Waals surface area (Å²) in [5.74, 6) is 1.35. The Morgan fingerprint density at radius 1 is 1.24 bits per heavy atom. The number of hydrogen-bond donors (Lipinski definition) is 1. The molecule has 2 rings (SSSR count). The maximum absolute atomic E-state index is 5.15. The highest BCUT2D eigenvalue weighted by Gasteiger charge is 2.02. The molecule has 0 amide bonds. The fourth-order valence-corrected chi connectivity index (χ4v) is 1.48. The zero-order chi connectivity index (χ0) is 12.1. The summed E-state index contributed by atoms with van der Waals surface area (Å²) < 4.78 is 5.15. The number of ether oxygens (including phenoxy) is 1. The van der Waals surface area contributed by atoms with Crippen molar-refractivity contribution in [3.8, 4) is 5.88 Å². The first-order valence-electron chi connectivity index (χ1n) is 5.31. The summed E-state index contributed by atoms with van der Waals surface area (Å²) in [6.07, 6.45) is 3.44. The molecule has 88 valence electrons. The highest BCUT2D eigenvalue weighted by atomic mass is 16.5. The fraction of sp³-hybridized carbons (Fsp3) is 0.250. The third kappa shape index (κ3) is 2.90. The first-order chi connectivity index (χ1) is 8.29. The van der Waals surface area contributed by atoms with Crippen LogP contribution >= 0.6 is 0 Å². The van der Waals surface area contributed by atoms with Crippen LogP contribution in [0.15, 0.2) is 30.6 Å². The number of hydrogen-bond acceptors (Lipinski definition) is 5. The molecule has 0 saturated carbocycles. The predicted molar refractivity (Wildman–Crippen MR) is 64.9 cm³/mol. The highest BCUT2D eigenvalue weighted by Crippen LogP contribution is 2.20. The van der Waals surface area contributed by atoms with Crippen LogP contribution in [0.1, 0.15) is 11.5 Å². The van der Waals surface area contributed by atoms with E-state index in [1.54, 1.807) is 19.5 Å². The Kier molecular flexibility index (Phi) is 3.49. The molecule has 0 unspecified atom stereocenters. The molecule has 0 atom stereocenters. The lowest BCUT2D eigenvalue weighted by Gasteiger charge is -2.09. The third-order valence-electron chi connectivity index (χ3n) is 2.26. The van der Waals surface area contributed by atoms with Gasteiger partial charge in [0, 0.05) is 12.4 Å². The van der Waals surface area contributed by atoms with E-state index >= 15 is 0 Å². The maximum atomic E-state index is 5.15. The number of aryl methyl sites for hydroxylation is 1. The summed E-state index contributed by atoms with van der Waals surface area (Å²) in [5.41, 5.74) is 1.79. The summed E-state index contributed by atoms with van der Waals surface area (Å²) in [7, 11) is 1.60. The summed E-state index contributed by atoms with van der Waals surface area (Å²) in [4.78, 5) is 12.5. The predicted octanol–water partition coefficient (Wildman–Crippen LogP) is 1.80. The van der Waals surface area contributed by atoms with Crippen molar-refractivity contribution < 1.29 is 4.74 Å². The van der Waals surface area contributed by atoms with Crippen LogP contribution in [0.25, 0.3) is 0 Å². The van der Waals surface area contributed by atoms with E-state index in [9.17, 15) is 0 Å². The highest BCUT2D eigenvalue weighted by molar-refractivity contribution is 5.51. The summed E-state index contributed by atoms with van der Waals surface area (Å²) >= 11 is 0. The Hall–Kier alpha value is -2.17. The van der Waals surface area contributed by atoms with E-state index in [0.29, 0.717) is 12.4 Å². The van der Waals surface area contributed by atoms with Gasteiger partial charge < -0.3 is 10.1 Å². The number of aromatic nitrogens is 3. The molecule has 2 aromatic heterocycles. The first-order valence-corrected chi connectivity index (χ1v) is 5.31. The Balaban J connectivity index is 2.07. The molecule has 2 aromatic rings. The van der Waals surface area contributed by atoms with Crippen LogP contribution in [-0.2, 0) is 6.54 Å². The molecular formula is C12H14N4O. The monoisotopic (exact) mass is 230 g/mol. The molecule has 0 aliphatic heterocycles. The van der Waals surface area contributed by atoms with E-state index < -0.39 is 0 Å². The number of anilines is 1. The van der Waals surface area contributed by atoms with Gasteiger partial charge in [-0.1, -0.05) is 0 Å². The number of nitrogens with zero attached hydrogens (tertiary/aromatic N) is 3. The second-order valence-electron chi connectivity index (χ2n) is 3.51. The van der Waals surface area contributed by atoms with Gasteiger partial charge in [0.05, 0.1) is 25.0 Å². The van der Waals surface area contributed by atoms with Crippen LogP contribution in [0.2, 0.25) is 0 Å². The minimum absolute atomic E-state index is 0.582. The van der Waals surface area contributed by atoms with Crippen LogP contribution in [0, 0.1) is 6.92 Å². The minimum atomic E-state index is 0.582. The molecule has 0 fully saturated rings. The molecule has 0 aliphatic carbocycles. The molecule has 5 nitrogen and oxygen atoms in total. The topological polar surface area (TPSA) is 59.9 Å². The van der Waals surface area contributed by atoms with Gasteiger partial charge in [0.1, 0.15) is 5.82 Å². The van der Waals surface area contributed by atoms with E-state index in [1.807, 2.05) is 25.1 Å². The zero-order valence-electron chi connectivity index (χ0n) is 9.84. The molecular weight excluding hydrogens is 216 g/mol. The lowest BCUT2D eigenvalue weighted by Crippen LogP contribution is -2.04. The second-order valence-corrected chi connectivity index (χ2v) is 3.51. The zero-order valence-corrected chi connectivity index (χ0v) is 9.84. The van der Waals surface area contributed by atoms with Gasteiger partial charge in [0.25, 0.3) is 0 Å². The van der Waals surface area contributed by atoms with Crippen molar-refractivity contribution in [3.63, 3.8) is 0 Å². The Bertz CT molecular complexity index is 501. The van der Waals surface area contributed by atoms with Gasteiger partial charge in [-0.3, -0.25) is 0 Å². The Morgan fingerprint density at radius 3 is 2.88 bits per heavy atom. The van der Waals surface area contributed by atoms with E-state index in [2.05, 4.69) is 20.3 Å². The van der Waals surface area contributed by atoms with Gasteiger partial charge in [-0.25, -0.2) is 15.0 Å². The van der Waals surface area contributed by atoms with Crippen molar-refractivity contribution in [2.45, 2.75) is 13.5 Å². The first kappa shape index (κ1) is 11.3.